The van der Waals surface area contributed by atoms with Gasteiger partial charge in [-0.25, -0.2) is 4.98 Å². The minimum atomic E-state index is 0.611. The minimum absolute atomic E-state index is 0.611. The van der Waals surface area contributed by atoms with Gasteiger partial charge in [0, 0.05) is 29.3 Å². The van der Waals surface area contributed by atoms with Crippen LogP contribution in [-0.4, -0.2) is 21.3 Å². The van der Waals surface area contributed by atoms with E-state index in [0.717, 1.165) is 29.7 Å². The molecule has 0 radical (unpaired) electrons. The molecular weight excluding hydrogens is 308 g/mol. The fourth-order valence-corrected chi connectivity index (χ4v) is 2.01. The zero-order valence-corrected chi connectivity index (χ0v) is 12.6. The monoisotopic (exact) mass is 324 g/mol. The van der Waals surface area contributed by atoms with Crippen LogP contribution in [0.4, 0.5) is 0 Å². The highest BCUT2D eigenvalue weighted by Gasteiger charge is 2.08. The van der Waals surface area contributed by atoms with Gasteiger partial charge in [0.2, 0.25) is 5.88 Å². The van der Waals surface area contributed by atoms with E-state index in [1.807, 2.05) is 23.9 Å². The van der Waals surface area contributed by atoms with Crippen LogP contribution in [0.15, 0.2) is 29.1 Å². The summed E-state index contributed by atoms with van der Waals surface area (Å²) in [7, 11) is 0. The van der Waals surface area contributed by atoms with Gasteiger partial charge in [-0.05, 0) is 35.5 Å². The summed E-state index contributed by atoms with van der Waals surface area (Å²) in [5.74, 6) is 1.31. The molecule has 0 unspecified atom stereocenters. The van der Waals surface area contributed by atoms with Crippen LogP contribution >= 0.6 is 15.9 Å². The number of ether oxygens (including phenoxy) is 1. The molecule has 1 N–H and O–H groups in total. The Morgan fingerprint density at radius 1 is 1.37 bits per heavy atom. The van der Waals surface area contributed by atoms with Crippen LogP contribution in [0.5, 0.6) is 11.6 Å². The Labute approximate surface area is 121 Å². The first-order valence-corrected chi connectivity index (χ1v) is 7.07. The van der Waals surface area contributed by atoms with E-state index in [-0.39, 0.29) is 0 Å². The fourth-order valence-electron chi connectivity index (χ4n) is 1.63. The number of nitrogens with one attached hydrogen (secondary N) is 1. The van der Waals surface area contributed by atoms with Crippen molar-refractivity contribution in [1.82, 2.24) is 20.1 Å². The molecular formula is C13H17BrN4O. The molecule has 2 aromatic heterocycles. The van der Waals surface area contributed by atoms with Gasteiger partial charge in [0.15, 0.2) is 5.75 Å². The number of pyridine rings is 1. The van der Waals surface area contributed by atoms with Crippen molar-refractivity contribution in [2.45, 2.75) is 26.9 Å². The standard InChI is InChI=1S/C13H17BrN4O/c1-3-15-6-10-5-11(14)7-16-13(10)19-12-8-17-18(4-2)9-12/h5,7-9,15H,3-4,6H2,1-2H3. The maximum absolute atomic E-state index is 5.79. The molecule has 2 heterocycles. The molecule has 102 valence electrons. The van der Waals surface area contributed by atoms with Gasteiger partial charge >= 0.3 is 0 Å². The molecule has 0 aromatic carbocycles. The lowest BCUT2D eigenvalue weighted by Crippen LogP contribution is -2.12. The zero-order chi connectivity index (χ0) is 13.7. The van der Waals surface area contributed by atoms with Crippen molar-refractivity contribution >= 4 is 15.9 Å². The molecule has 0 saturated carbocycles. The Kier molecular flexibility index (Phi) is 4.93. The van der Waals surface area contributed by atoms with Crippen LogP contribution in [0, 0.1) is 0 Å². The lowest BCUT2D eigenvalue weighted by molar-refractivity contribution is 0.452. The molecule has 19 heavy (non-hydrogen) atoms. The number of aryl methyl sites for hydroxylation is 1. The Balaban J connectivity index is 2.18. The summed E-state index contributed by atoms with van der Waals surface area (Å²) < 4.78 is 8.55. The Morgan fingerprint density at radius 2 is 2.21 bits per heavy atom. The van der Waals surface area contributed by atoms with Crippen LogP contribution in [0.3, 0.4) is 0 Å². The van der Waals surface area contributed by atoms with Crippen LogP contribution in [-0.2, 0) is 13.1 Å². The summed E-state index contributed by atoms with van der Waals surface area (Å²) >= 11 is 3.43. The molecule has 0 aliphatic carbocycles. The van der Waals surface area contributed by atoms with Crippen molar-refractivity contribution in [2.75, 3.05) is 6.54 Å². The molecule has 0 spiro atoms. The van der Waals surface area contributed by atoms with E-state index in [2.05, 4.69) is 38.3 Å². The summed E-state index contributed by atoms with van der Waals surface area (Å²) in [6.45, 7) is 6.55. The smallest absolute Gasteiger partial charge is 0.223 e. The van der Waals surface area contributed by atoms with Crippen molar-refractivity contribution in [3.05, 3.63) is 34.7 Å². The van der Waals surface area contributed by atoms with Crippen molar-refractivity contribution in [3.8, 4) is 11.6 Å². The van der Waals surface area contributed by atoms with Crippen LogP contribution in [0.1, 0.15) is 19.4 Å². The van der Waals surface area contributed by atoms with E-state index in [9.17, 15) is 0 Å². The van der Waals surface area contributed by atoms with Crippen molar-refractivity contribution in [1.29, 1.82) is 0 Å². The number of hydrogen-bond donors (Lipinski definition) is 1. The third-order valence-electron chi connectivity index (χ3n) is 2.61. The normalized spacial score (nSPS) is 10.7. The minimum Gasteiger partial charge on any atom is -0.435 e. The quantitative estimate of drug-likeness (QED) is 0.887. The first-order chi connectivity index (χ1) is 9.22. The van der Waals surface area contributed by atoms with Gasteiger partial charge in [-0.15, -0.1) is 0 Å². The average molecular weight is 325 g/mol. The maximum Gasteiger partial charge on any atom is 0.223 e. The maximum atomic E-state index is 5.79. The molecule has 6 heteroatoms. The highest BCUT2D eigenvalue weighted by molar-refractivity contribution is 9.10. The second-order valence-corrected chi connectivity index (χ2v) is 4.95. The Bertz CT molecular complexity index is 541. The van der Waals surface area contributed by atoms with Gasteiger partial charge in [-0.2, -0.15) is 5.10 Å². The predicted octanol–water partition coefficient (Wildman–Crippen LogP) is 2.96. The molecule has 0 fully saturated rings. The number of aromatic nitrogens is 3. The lowest BCUT2D eigenvalue weighted by atomic mass is 10.2. The van der Waals surface area contributed by atoms with E-state index < -0.39 is 0 Å². The third kappa shape index (κ3) is 3.78. The molecule has 0 atom stereocenters. The molecule has 0 amide bonds. The van der Waals surface area contributed by atoms with E-state index >= 15 is 0 Å². The zero-order valence-electron chi connectivity index (χ0n) is 11.1. The molecule has 2 aromatic rings. The highest BCUT2D eigenvalue weighted by Crippen LogP contribution is 2.25. The Hall–Kier alpha value is -1.40. The second kappa shape index (κ2) is 6.68. The molecule has 0 aliphatic heterocycles. The largest absolute Gasteiger partial charge is 0.435 e. The SMILES string of the molecule is CCNCc1cc(Br)cnc1Oc1cnn(CC)c1. The number of rotatable bonds is 6. The summed E-state index contributed by atoms with van der Waals surface area (Å²) in [5.41, 5.74) is 1.01. The summed E-state index contributed by atoms with van der Waals surface area (Å²) in [4.78, 5) is 4.32. The average Bonchev–Trinajstić information content (AvgIpc) is 2.86. The summed E-state index contributed by atoms with van der Waals surface area (Å²) in [5, 5.41) is 7.45. The lowest BCUT2D eigenvalue weighted by Gasteiger charge is -2.09. The fraction of sp³-hybridized carbons (Fsp3) is 0.385. The van der Waals surface area contributed by atoms with Crippen LogP contribution < -0.4 is 10.1 Å². The van der Waals surface area contributed by atoms with Crippen molar-refractivity contribution < 1.29 is 4.74 Å². The van der Waals surface area contributed by atoms with Gasteiger partial charge in [0.1, 0.15) is 0 Å². The van der Waals surface area contributed by atoms with E-state index in [1.165, 1.54) is 0 Å². The van der Waals surface area contributed by atoms with E-state index in [1.54, 1.807) is 12.4 Å². The van der Waals surface area contributed by atoms with Crippen LogP contribution in [0.25, 0.3) is 0 Å². The summed E-state index contributed by atoms with van der Waals surface area (Å²) in [6, 6.07) is 2.01. The molecule has 2 rings (SSSR count). The van der Waals surface area contributed by atoms with E-state index in [0.29, 0.717) is 11.6 Å². The van der Waals surface area contributed by atoms with Gasteiger partial charge in [-0.3, -0.25) is 4.68 Å². The number of hydrogen-bond acceptors (Lipinski definition) is 4. The van der Waals surface area contributed by atoms with Gasteiger partial charge < -0.3 is 10.1 Å². The Morgan fingerprint density at radius 3 is 2.89 bits per heavy atom. The predicted molar refractivity (Wildman–Crippen MR) is 77.3 cm³/mol. The molecule has 0 bridgehead atoms. The number of halogens is 1. The molecule has 0 aliphatic rings. The molecule has 0 saturated heterocycles. The highest BCUT2D eigenvalue weighted by atomic mass is 79.9. The van der Waals surface area contributed by atoms with Gasteiger partial charge in [-0.1, -0.05) is 6.92 Å². The second-order valence-electron chi connectivity index (χ2n) is 4.03. The van der Waals surface area contributed by atoms with Crippen molar-refractivity contribution in [3.63, 3.8) is 0 Å². The van der Waals surface area contributed by atoms with E-state index in [4.69, 9.17) is 4.74 Å². The topological polar surface area (TPSA) is 52.0 Å². The van der Waals surface area contributed by atoms with Crippen molar-refractivity contribution in [2.24, 2.45) is 0 Å². The van der Waals surface area contributed by atoms with Crippen LogP contribution in [0.2, 0.25) is 0 Å². The summed E-state index contributed by atoms with van der Waals surface area (Å²) in [6.07, 6.45) is 5.29. The van der Waals surface area contributed by atoms with Gasteiger partial charge in [0.05, 0.1) is 12.4 Å². The first-order valence-electron chi connectivity index (χ1n) is 6.28. The molecule has 5 nitrogen and oxygen atoms in total. The number of nitrogens with zero attached hydrogens (tertiary/aromatic N) is 3. The van der Waals surface area contributed by atoms with Gasteiger partial charge in [0.25, 0.3) is 0 Å². The third-order valence-corrected chi connectivity index (χ3v) is 3.04. The first kappa shape index (κ1) is 14.0.